The SMILES string of the molecule is COc1ccc(Nc2nc3cc(C(C)C(=O)O)ccc3o2)cc1. The molecule has 0 saturated carbocycles. The van der Waals surface area contributed by atoms with Crippen LogP contribution in [0.2, 0.25) is 0 Å². The summed E-state index contributed by atoms with van der Waals surface area (Å²) in [5.74, 6) is -0.695. The van der Waals surface area contributed by atoms with Gasteiger partial charge in [-0.1, -0.05) is 6.07 Å². The summed E-state index contributed by atoms with van der Waals surface area (Å²) in [7, 11) is 1.61. The lowest BCUT2D eigenvalue weighted by molar-refractivity contribution is -0.138. The summed E-state index contributed by atoms with van der Waals surface area (Å²) in [6.45, 7) is 1.64. The lowest BCUT2D eigenvalue weighted by Crippen LogP contribution is -2.06. The van der Waals surface area contributed by atoms with Crippen LogP contribution in [0.25, 0.3) is 11.1 Å². The van der Waals surface area contributed by atoms with E-state index in [2.05, 4.69) is 10.3 Å². The maximum absolute atomic E-state index is 11.1. The predicted molar refractivity (Wildman–Crippen MR) is 86.3 cm³/mol. The minimum atomic E-state index is -0.871. The van der Waals surface area contributed by atoms with E-state index in [9.17, 15) is 4.79 Å². The monoisotopic (exact) mass is 312 g/mol. The van der Waals surface area contributed by atoms with Gasteiger partial charge in [0.15, 0.2) is 5.58 Å². The largest absolute Gasteiger partial charge is 0.497 e. The third-order valence-electron chi connectivity index (χ3n) is 3.62. The van der Waals surface area contributed by atoms with Crippen LogP contribution in [-0.4, -0.2) is 23.2 Å². The first kappa shape index (κ1) is 14.9. The van der Waals surface area contributed by atoms with Crippen molar-refractivity contribution in [2.75, 3.05) is 12.4 Å². The highest BCUT2D eigenvalue weighted by atomic mass is 16.5. The highest BCUT2D eigenvalue weighted by Crippen LogP contribution is 2.26. The molecule has 0 aliphatic heterocycles. The van der Waals surface area contributed by atoms with Crippen molar-refractivity contribution in [2.45, 2.75) is 12.8 Å². The Morgan fingerprint density at radius 1 is 1.26 bits per heavy atom. The van der Waals surface area contributed by atoms with Crippen LogP contribution in [0, 0.1) is 0 Å². The van der Waals surface area contributed by atoms with Crippen molar-refractivity contribution < 1.29 is 19.1 Å². The molecule has 2 N–H and O–H groups in total. The molecule has 1 heterocycles. The molecule has 0 saturated heterocycles. The molecule has 1 unspecified atom stereocenters. The molecular weight excluding hydrogens is 296 g/mol. The Bertz CT molecular complexity index is 839. The van der Waals surface area contributed by atoms with Crippen molar-refractivity contribution in [3.63, 3.8) is 0 Å². The number of carbonyl (C=O) groups is 1. The van der Waals surface area contributed by atoms with Crippen LogP contribution in [0.3, 0.4) is 0 Å². The van der Waals surface area contributed by atoms with Crippen molar-refractivity contribution in [1.82, 2.24) is 4.98 Å². The van der Waals surface area contributed by atoms with Gasteiger partial charge in [0.2, 0.25) is 0 Å². The van der Waals surface area contributed by atoms with Gasteiger partial charge in [0.05, 0.1) is 13.0 Å². The van der Waals surface area contributed by atoms with Crippen LogP contribution >= 0.6 is 0 Å². The molecule has 1 aromatic heterocycles. The zero-order valence-corrected chi connectivity index (χ0v) is 12.7. The number of aromatic nitrogens is 1. The van der Waals surface area contributed by atoms with E-state index in [-0.39, 0.29) is 0 Å². The summed E-state index contributed by atoms with van der Waals surface area (Å²) in [4.78, 5) is 15.4. The molecule has 6 heteroatoms. The van der Waals surface area contributed by atoms with Gasteiger partial charge in [-0.15, -0.1) is 0 Å². The van der Waals surface area contributed by atoms with E-state index < -0.39 is 11.9 Å². The predicted octanol–water partition coefficient (Wildman–Crippen LogP) is 3.77. The number of anilines is 2. The van der Waals surface area contributed by atoms with E-state index in [4.69, 9.17) is 14.3 Å². The number of fused-ring (bicyclic) bond motifs is 1. The third-order valence-corrected chi connectivity index (χ3v) is 3.62. The smallest absolute Gasteiger partial charge is 0.310 e. The van der Waals surface area contributed by atoms with Gasteiger partial charge in [0.1, 0.15) is 11.3 Å². The van der Waals surface area contributed by atoms with Gasteiger partial charge in [-0.25, -0.2) is 0 Å². The minimum Gasteiger partial charge on any atom is -0.497 e. The quantitative estimate of drug-likeness (QED) is 0.746. The average molecular weight is 312 g/mol. The fraction of sp³-hybridized carbons (Fsp3) is 0.176. The van der Waals surface area contributed by atoms with Crippen LogP contribution in [0.1, 0.15) is 18.4 Å². The highest BCUT2D eigenvalue weighted by molar-refractivity contribution is 5.80. The average Bonchev–Trinajstić information content (AvgIpc) is 2.96. The molecular formula is C17H16N2O4. The topological polar surface area (TPSA) is 84.6 Å². The highest BCUT2D eigenvalue weighted by Gasteiger charge is 2.15. The summed E-state index contributed by atoms with van der Waals surface area (Å²) in [6, 6.07) is 12.9. The number of hydrogen-bond donors (Lipinski definition) is 2. The maximum Gasteiger partial charge on any atom is 0.310 e. The summed E-state index contributed by atoms with van der Waals surface area (Å²) >= 11 is 0. The van der Waals surface area contributed by atoms with Gasteiger partial charge in [-0.2, -0.15) is 4.98 Å². The van der Waals surface area contributed by atoms with Crippen LogP contribution in [0.15, 0.2) is 46.9 Å². The van der Waals surface area contributed by atoms with E-state index in [1.54, 1.807) is 32.2 Å². The summed E-state index contributed by atoms with van der Waals surface area (Å²) in [5, 5.41) is 12.2. The lowest BCUT2D eigenvalue weighted by Gasteiger charge is -2.04. The Hall–Kier alpha value is -3.02. The molecule has 0 fully saturated rings. The molecule has 2 aromatic carbocycles. The molecule has 23 heavy (non-hydrogen) atoms. The molecule has 1 atom stereocenters. The maximum atomic E-state index is 11.1. The van der Waals surface area contributed by atoms with Crippen LogP contribution in [0.5, 0.6) is 5.75 Å². The normalized spacial score (nSPS) is 12.1. The summed E-state index contributed by atoms with van der Waals surface area (Å²) < 4.78 is 10.7. The van der Waals surface area contributed by atoms with Crippen molar-refractivity contribution in [2.24, 2.45) is 0 Å². The number of carboxylic acids is 1. The summed E-state index contributed by atoms with van der Waals surface area (Å²) in [5.41, 5.74) is 2.72. The van der Waals surface area contributed by atoms with Gasteiger partial charge in [-0.05, 0) is 48.9 Å². The first-order valence-electron chi connectivity index (χ1n) is 7.11. The van der Waals surface area contributed by atoms with Crippen molar-refractivity contribution >= 4 is 28.8 Å². The standard InChI is InChI=1S/C17H16N2O4/c1-10(16(20)21)11-3-8-15-14(9-11)19-17(23-15)18-12-4-6-13(22-2)7-5-12/h3-10H,1-2H3,(H,18,19)(H,20,21). The van der Waals surface area contributed by atoms with Gasteiger partial charge < -0.3 is 19.6 Å². The van der Waals surface area contributed by atoms with Crippen molar-refractivity contribution in [1.29, 1.82) is 0 Å². The molecule has 6 nitrogen and oxygen atoms in total. The molecule has 0 amide bonds. The van der Waals surface area contributed by atoms with Crippen LogP contribution in [-0.2, 0) is 4.79 Å². The van der Waals surface area contributed by atoms with E-state index in [0.29, 0.717) is 22.7 Å². The van der Waals surface area contributed by atoms with Crippen molar-refractivity contribution in [3.05, 3.63) is 48.0 Å². The Labute approximate surface area is 132 Å². The first-order valence-corrected chi connectivity index (χ1v) is 7.11. The minimum absolute atomic E-state index is 0.352. The zero-order valence-electron chi connectivity index (χ0n) is 12.7. The van der Waals surface area contributed by atoms with E-state index in [0.717, 1.165) is 11.4 Å². The molecule has 3 aromatic rings. The molecule has 118 valence electrons. The Balaban J connectivity index is 1.85. The van der Waals surface area contributed by atoms with E-state index >= 15 is 0 Å². The Kier molecular flexibility index (Phi) is 3.89. The van der Waals surface area contributed by atoms with Crippen LogP contribution in [0.4, 0.5) is 11.7 Å². The zero-order chi connectivity index (χ0) is 16.4. The van der Waals surface area contributed by atoms with Gasteiger partial charge in [-0.3, -0.25) is 4.79 Å². The van der Waals surface area contributed by atoms with Crippen molar-refractivity contribution in [3.8, 4) is 5.75 Å². The molecule has 0 aliphatic carbocycles. The van der Waals surface area contributed by atoms with Gasteiger partial charge in [0, 0.05) is 5.69 Å². The van der Waals surface area contributed by atoms with Gasteiger partial charge in [0.25, 0.3) is 6.01 Å². The molecule has 0 aliphatic rings. The number of carboxylic acid groups (broad SMARTS) is 1. The molecule has 0 spiro atoms. The van der Waals surface area contributed by atoms with E-state index in [1.165, 1.54) is 0 Å². The Morgan fingerprint density at radius 2 is 2.00 bits per heavy atom. The Morgan fingerprint density at radius 3 is 2.65 bits per heavy atom. The van der Waals surface area contributed by atoms with Crippen LogP contribution < -0.4 is 10.1 Å². The number of aliphatic carboxylic acids is 1. The fourth-order valence-electron chi connectivity index (χ4n) is 2.21. The number of hydrogen-bond acceptors (Lipinski definition) is 5. The fourth-order valence-corrected chi connectivity index (χ4v) is 2.21. The molecule has 0 radical (unpaired) electrons. The number of nitrogens with one attached hydrogen (secondary N) is 1. The number of rotatable bonds is 5. The first-order chi connectivity index (χ1) is 11.1. The molecule has 3 rings (SSSR count). The number of ether oxygens (including phenoxy) is 1. The third kappa shape index (κ3) is 3.11. The van der Waals surface area contributed by atoms with E-state index in [1.807, 2.05) is 24.3 Å². The molecule has 0 bridgehead atoms. The number of nitrogens with zero attached hydrogens (tertiary/aromatic N) is 1. The second kappa shape index (κ2) is 6.00. The number of benzene rings is 2. The lowest BCUT2D eigenvalue weighted by atomic mass is 10.0. The van der Waals surface area contributed by atoms with Gasteiger partial charge >= 0.3 is 5.97 Å². The second-order valence-corrected chi connectivity index (χ2v) is 5.16. The number of oxazole rings is 1. The second-order valence-electron chi connectivity index (χ2n) is 5.16. The summed E-state index contributed by atoms with van der Waals surface area (Å²) in [6.07, 6.45) is 0. The number of methoxy groups -OCH3 is 1.